The zero-order chi connectivity index (χ0) is 18.8. The lowest BCUT2D eigenvalue weighted by atomic mass is 10.0. The van der Waals surface area contributed by atoms with E-state index in [1.165, 1.54) is 40.8 Å². The van der Waals surface area contributed by atoms with E-state index in [0.29, 0.717) is 6.54 Å². The number of aryl methyl sites for hydroxylation is 1. The summed E-state index contributed by atoms with van der Waals surface area (Å²) in [5.74, 6) is 0.969. The second kappa shape index (κ2) is 7.83. The predicted octanol–water partition coefficient (Wildman–Crippen LogP) is 5.28. The maximum absolute atomic E-state index is 6.01. The molecule has 27 heavy (non-hydrogen) atoms. The minimum Gasteiger partial charge on any atom is -0.495 e. The molecule has 3 nitrogen and oxygen atoms in total. The third-order valence-corrected chi connectivity index (χ3v) is 6.13. The minimum absolute atomic E-state index is 0.150. The lowest BCUT2D eigenvalue weighted by molar-refractivity contribution is 0.141. The van der Waals surface area contributed by atoms with E-state index in [9.17, 15) is 0 Å². The molecule has 0 spiro atoms. The molecular formula is C23H26N2OS. The molecule has 140 valence electrons. The van der Waals surface area contributed by atoms with Gasteiger partial charge in [0.25, 0.3) is 0 Å². The summed E-state index contributed by atoms with van der Waals surface area (Å²) in [4.78, 5) is 5.98. The van der Waals surface area contributed by atoms with Gasteiger partial charge < -0.3 is 10.5 Å². The molecule has 2 aliphatic carbocycles. The Morgan fingerprint density at radius 3 is 2.96 bits per heavy atom. The van der Waals surface area contributed by atoms with Crippen LogP contribution in [0.3, 0.4) is 0 Å². The van der Waals surface area contributed by atoms with Crippen LogP contribution in [0, 0.1) is 0 Å². The first-order chi connectivity index (χ1) is 13.2. The normalized spacial score (nSPS) is 16.5. The summed E-state index contributed by atoms with van der Waals surface area (Å²) in [7, 11) is 0. The van der Waals surface area contributed by atoms with Gasteiger partial charge in [0, 0.05) is 30.3 Å². The maximum Gasteiger partial charge on any atom is 0.123 e. The molecule has 2 N–H and O–H groups in total. The van der Waals surface area contributed by atoms with Crippen molar-refractivity contribution < 1.29 is 4.74 Å². The number of hydrogen-bond acceptors (Lipinski definition) is 4. The molecule has 0 saturated carbocycles. The fourth-order valence-corrected chi connectivity index (χ4v) is 4.80. The first-order valence-corrected chi connectivity index (χ1v) is 10.5. The van der Waals surface area contributed by atoms with Gasteiger partial charge in [0.1, 0.15) is 10.8 Å². The van der Waals surface area contributed by atoms with Crippen molar-refractivity contribution in [2.24, 2.45) is 5.73 Å². The van der Waals surface area contributed by atoms with E-state index >= 15 is 0 Å². The molecule has 4 rings (SSSR count). The summed E-state index contributed by atoms with van der Waals surface area (Å²) in [6.45, 7) is 4.56. The number of fused-ring (bicyclic) bond motifs is 1. The number of rotatable bonds is 5. The van der Waals surface area contributed by atoms with Crippen LogP contribution >= 0.6 is 11.3 Å². The average molecular weight is 379 g/mol. The summed E-state index contributed by atoms with van der Waals surface area (Å²) < 4.78 is 5.97. The van der Waals surface area contributed by atoms with Gasteiger partial charge in [-0.05, 0) is 55.9 Å². The SMILES string of the molecule is CC(C)OC1=C(CN)C=C(c2ncc(-c3cccc4c3CCC4)s2)C=CC1. The van der Waals surface area contributed by atoms with Crippen LogP contribution in [0.1, 0.15) is 42.8 Å². The van der Waals surface area contributed by atoms with Gasteiger partial charge in [0.2, 0.25) is 0 Å². The summed E-state index contributed by atoms with van der Waals surface area (Å²) in [6.07, 6.45) is 13.0. The Balaban J connectivity index is 1.68. The van der Waals surface area contributed by atoms with Crippen molar-refractivity contribution in [1.29, 1.82) is 0 Å². The van der Waals surface area contributed by atoms with Crippen molar-refractivity contribution >= 4 is 16.9 Å². The number of allylic oxidation sites excluding steroid dienone is 3. The Morgan fingerprint density at radius 1 is 1.26 bits per heavy atom. The van der Waals surface area contributed by atoms with Crippen molar-refractivity contribution in [3.63, 3.8) is 0 Å². The van der Waals surface area contributed by atoms with Crippen LogP contribution in [-0.4, -0.2) is 17.6 Å². The third-order valence-electron chi connectivity index (χ3n) is 5.05. The number of ether oxygens (including phenoxy) is 1. The van der Waals surface area contributed by atoms with E-state index in [0.717, 1.165) is 28.3 Å². The topological polar surface area (TPSA) is 48.1 Å². The average Bonchev–Trinajstić information content (AvgIpc) is 3.28. The van der Waals surface area contributed by atoms with E-state index in [4.69, 9.17) is 15.5 Å². The van der Waals surface area contributed by atoms with Gasteiger partial charge in [-0.3, -0.25) is 0 Å². The maximum atomic E-state index is 6.01. The first kappa shape index (κ1) is 18.2. The Labute approximate surface area is 165 Å². The standard InChI is InChI=1S/C23H26N2OS/c1-15(2)26-21-11-5-8-17(12-18(21)13-24)23-25-14-22(27-23)20-10-4-7-16-6-3-9-19(16)20/h4-5,7-8,10,12,14-15H,3,6,9,11,13,24H2,1-2H3. The highest BCUT2D eigenvalue weighted by Crippen LogP contribution is 2.37. The zero-order valence-electron chi connectivity index (χ0n) is 16.0. The number of hydrogen-bond donors (Lipinski definition) is 1. The third kappa shape index (κ3) is 3.78. The van der Waals surface area contributed by atoms with E-state index in [2.05, 4.69) is 36.4 Å². The second-order valence-corrected chi connectivity index (χ2v) is 8.38. The predicted molar refractivity (Wildman–Crippen MR) is 114 cm³/mol. The number of benzene rings is 1. The smallest absolute Gasteiger partial charge is 0.123 e. The van der Waals surface area contributed by atoms with Gasteiger partial charge in [0.05, 0.1) is 11.0 Å². The van der Waals surface area contributed by atoms with Gasteiger partial charge >= 0.3 is 0 Å². The molecule has 0 aliphatic heterocycles. The number of thiazole rings is 1. The van der Waals surface area contributed by atoms with Crippen LogP contribution in [0.15, 0.2) is 54.0 Å². The lowest BCUT2D eigenvalue weighted by Crippen LogP contribution is -2.09. The highest BCUT2D eigenvalue weighted by Gasteiger charge is 2.18. The fraction of sp³-hybridized carbons (Fsp3) is 0.348. The van der Waals surface area contributed by atoms with Crippen LogP contribution < -0.4 is 5.73 Å². The van der Waals surface area contributed by atoms with Gasteiger partial charge in [-0.15, -0.1) is 11.3 Å². The molecule has 0 atom stereocenters. The Morgan fingerprint density at radius 2 is 2.15 bits per heavy atom. The van der Waals surface area contributed by atoms with E-state index in [-0.39, 0.29) is 6.10 Å². The number of nitrogens with zero attached hydrogens (tertiary/aromatic N) is 1. The Bertz CT molecular complexity index is 934. The molecule has 0 bridgehead atoms. The molecule has 0 radical (unpaired) electrons. The van der Waals surface area contributed by atoms with Crippen molar-refractivity contribution in [2.45, 2.75) is 45.6 Å². The molecule has 1 aromatic heterocycles. The van der Waals surface area contributed by atoms with Crippen LogP contribution in [0.2, 0.25) is 0 Å². The second-order valence-electron chi connectivity index (χ2n) is 7.35. The van der Waals surface area contributed by atoms with Crippen molar-refractivity contribution in [3.05, 3.63) is 70.1 Å². The molecule has 2 aliphatic rings. The Kier molecular flexibility index (Phi) is 5.28. The Hall–Kier alpha value is -2.17. The van der Waals surface area contributed by atoms with Crippen LogP contribution in [0.4, 0.5) is 0 Å². The molecular weight excluding hydrogens is 352 g/mol. The van der Waals surface area contributed by atoms with Gasteiger partial charge in [-0.2, -0.15) is 0 Å². The highest BCUT2D eigenvalue weighted by atomic mass is 32.1. The lowest BCUT2D eigenvalue weighted by Gasteiger charge is -2.14. The van der Waals surface area contributed by atoms with Crippen LogP contribution in [-0.2, 0) is 17.6 Å². The van der Waals surface area contributed by atoms with Crippen LogP contribution in [0.25, 0.3) is 16.0 Å². The quantitative estimate of drug-likeness (QED) is 0.770. The number of aromatic nitrogens is 1. The van der Waals surface area contributed by atoms with E-state index in [1.807, 2.05) is 20.0 Å². The van der Waals surface area contributed by atoms with E-state index < -0.39 is 0 Å². The molecule has 0 saturated heterocycles. The highest BCUT2D eigenvalue weighted by molar-refractivity contribution is 7.16. The summed E-state index contributed by atoms with van der Waals surface area (Å²) >= 11 is 1.76. The van der Waals surface area contributed by atoms with Gasteiger partial charge in [0.15, 0.2) is 0 Å². The molecule has 0 amide bonds. The largest absolute Gasteiger partial charge is 0.495 e. The van der Waals surface area contributed by atoms with Crippen molar-refractivity contribution in [3.8, 4) is 10.4 Å². The van der Waals surface area contributed by atoms with Gasteiger partial charge in [-0.25, -0.2) is 4.98 Å². The molecule has 0 unspecified atom stereocenters. The summed E-state index contributed by atoms with van der Waals surface area (Å²) in [5, 5.41) is 1.04. The van der Waals surface area contributed by atoms with Crippen molar-refractivity contribution in [1.82, 2.24) is 4.98 Å². The molecule has 0 fully saturated rings. The molecule has 2 aromatic rings. The molecule has 4 heteroatoms. The minimum atomic E-state index is 0.150. The van der Waals surface area contributed by atoms with Crippen LogP contribution in [0.5, 0.6) is 0 Å². The molecule has 1 aromatic carbocycles. The van der Waals surface area contributed by atoms with Gasteiger partial charge in [-0.1, -0.05) is 30.4 Å². The fourth-order valence-electron chi connectivity index (χ4n) is 3.84. The first-order valence-electron chi connectivity index (χ1n) is 9.70. The summed E-state index contributed by atoms with van der Waals surface area (Å²) in [5.41, 5.74) is 12.5. The zero-order valence-corrected chi connectivity index (χ0v) is 16.8. The monoisotopic (exact) mass is 378 g/mol. The summed E-state index contributed by atoms with van der Waals surface area (Å²) in [6, 6.07) is 6.67. The molecule has 1 heterocycles. The number of nitrogens with two attached hydrogens (primary N) is 1. The van der Waals surface area contributed by atoms with E-state index in [1.54, 1.807) is 11.3 Å². The van der Waals surface area contributed by atoms with Crippen molar-refractivity contribution in [2.75, 3.05) is 6.54 Å².